The number of carboxylic acids is 1. The highest BCUT2D eigenvalue weighted by Gasteiger charge is 2.67. The summed E-state index contributed by atoms with van der Waals surface area (Å²) in [5.74, 6) is -1.70. The highest BCUT2D eigenvalue weighted by atomic mass is 16.5. The Labute approximate surface area is 199 Å². The van der Waals surface area contributed by atoms with Gasteiger partial charge in [0.15, 0.2) is 0 Å². The van der Waals surface area contributed by atoms with Gasteiger partial charge in [-0.25, -0.2) is 9.59 Å². The number of nitrogens with zero attached hydrogens (tertiary/aromatic N) is 1. The van der Waals surface area contributed by atoms with Crippen molar-refractivity contribution < 1.29 is 24.2 Å². The van der Waals surface area contributed by atoms with E-state index in [0.29, 0.717) is 13.0 Å². The first kappa shape index (κ1) is 22.4. The summed E-state index contributed by atoms with van der Waals surface area (Å²) >= 11 is 0. The van der Waals surface area contributed by atoms with Crippen LogP contribution in [0.5, 0.6) is 0 Å². The summed E-state index contributed by atoms with van der Waals surface area (Å²) in [6.45, 7) is 4.14. The Morgan fingerprint density at radius 2 is 1.71 bits per heavy atom. The molecule has 2 aromatic rings. The fraction of sp³-hybridized carbons (Fsp3) is 0.444. The van der Waals surface area contributed by atoms with Crippen LogP contribution in [-0.4, -0.2) is 52.7 Å². The van der Waals surface area contributed by atoms with Crippen molar-refractivity contribution in [2.75, 3.05) is 13.2 Å². The minimum atomic E-state index is -1.05. The van der Waals surface area contributed by atoms with Crippen LogP contribution in [0.2, 0.25) is 0 Å². The third kappa shape index (κ3) is 3.54. The second-order valence-corrected chi connectivity index (χ2v) is 9.81. The third-order valence-corrected chi connectivity index (χ3v) is 7.95. The molecule has 5 rings (SSSR count). The van der Waals surface area contributed by atoms with Gasteiger partial charge in [-0.3, -0.25) is 4.79 Å². The van der Waals surface area contributed by atoms with E-state index >= 15 is 0 Å². The van der Waals surface area contributed by atoms with Gasteiger partial charge in [-0.2, -0.15) is 0 Å². The van der Waals surface area contributed by atoms with E-state index in [9.17, 15) is 19.5 Å². The second kappa shape index (κ2) is 8.46. The van der Waals surface area contributed by atoms with Crippen molar-refractivity contribution in [3.63, 3.8) is 0 Å². The summed E-state index contributed by atoms with van der Waals surface area (Å²) in [5.41, 5.74) is 3.54. The molecule has 3 aliphatic rings. The van der Waals surface area contributed by atoms with Gasteiger partial charge in [0.05, 0.1) is 5.92 Å². The van der Waals surface area contributed by atoms with Gasteiger partial charge < -0.3 is 20.1 Å². The molecule has 2 aliphatic carbocycles. The van der Waals surface area contributed by atoms with E-state index in [0.717, 1.165) is 35.1 Å². The lowest BCUT2D eigenvalue weighted by molar-refractivity contribution is -0.156. The first-order valence-corrected chi connectivity index (χ1v) is 12.0. The monoisotopic (exact) mass is 462 g/mol. The Morgan fingerprint density at radius 1 is 1.09 bits per heavy atom. The Hall–Kier alpha value is -3.35. The number of carbonyl (C=O) groups is 3. The summed E-state index contributed by atoms with van der Waals surface area (Å²) < 4.78 is 5.60. The molecule has 34 heavy (non-hydrogen) atoms. The number of ether oxygens (including phenoxy) is 1. The van der Waals surface area contributed by atoms with Crippen molar-refractivity contribution in [3.8, 4) is 11.1 Å². The fourth-order valence-corrected chi connectivity index (χ4v) is 5.78. The van der Waals surface area contributed by atoms with Crippen molar-refractivity contribution >= 4 is 18.0 Å². The molecule has 0 bridgehead atoms. The molecule has 1 saturated carbocycles. The third-order valence-electron chi connectivity index (χ3n) is 7.95. The number of rotatable bonds is 6. The molecule has 2 aromatic carbocycles. The average Bonchev–Trinajstić information content (AvgIpc) is 3.53. The van der Waals surface area contributed by atoms with Crippen LogP contribution in [0.4, 0.5) is 4.79 Å². The minimum Gasteiger partial charge on any atom is -0.479 e. The van der Waals surface area contributed by atoms with E-state index in [1.807, 2.05) is 24.3 Å². The first-order chi connectivity index (χ1) is 16.3. The van der Waals surface area contributed by atoms with Gasteiger partial charge in [0.25, 0.3) is 0 Å². The fourth-order valence-electron chi connectivity index (χ4n) is 5.78. The van der Waals surface area contributed by atoms with Gasteiger partial charge >= 0.3 is 12.1 Å². The Balaban J connectivity index is 1.21. The van der Waals surface area contributed by atoms with E-state index < -0.39 is 29.6 Å². The van der Waals surface area contributed by atoms with Gasteiger partial charge in [0.2, 0.25) is 5.91 Å². The number of amides is 2. The highest BCUT2D eigenvalue weighted by molar-refractivity contribution is 5.92. The number of piperidine rings is 1. The number of carboxylic acid groups (broad SMARTS) is 1. The van der Waals surface area contributed by atoms with E-state index in [2.05, 4.69) is 29.6 Å². The van der Waals surface area contributed by atoms with E-state index in [-0.39, 0.29) is 24.3 Å². The van der Waals surface area contributed by atoms with Gasteiger partial charge in [0, 0.05) is 18.5 Å². The van der Waals surface area contributed by atoms with Gasteiger partial charge in [-0.15, -0.1) is 0 Å². The lowest BCUT2D eigenvalue weighted by Gasteiger charge is -2.36. The summed E-state index contributed by atoms with van der Waals surface area (Å²) in [6, 6.07) is 15.8. The van der Waals surface area contributed by atoms with Crippen LogP contribution in [-0.2, 0) is 14.3 Å². The molecule has 1 saturated heterocycles. The quantitative estimate of drug-likeness (QED) is 0.676. The molecule has 2 fully saturated rings. The highest BCUT2D eigenvalue weighted by Crippen LogP contribution is 2.54. The molecule has 2 unspecified atom stereocenters. The van der Waals surface area contributed by atoms with Crippen molar-refractivity contribution in [1.29, 1.82) is 0 Å². The van der Waals surface area contributed by atoms with E-state index in [4.69, 9.17) is 4.74 Å². The maximum absolute atomic E-state index is 13.2. The van der Waals surface area contributed by atoms with E-state index in [1.165, 1.54) is 4.90 Å². The second-order valence-electron chi connectivity index (χ2n) is 9.81. The van der Waals surface area contributed by atoms with Crippen LogP contribution >= 0.6 is 0 Å². The molecule has 0 spiro atoms. The normalized spacial score (nSPS) is 24.3. The molecule has 2 N–H and O–H groups in total. The molecule has 178 valence electrons. The number of carbonyl (C=O) groups excluding carboxylic acids is 2. The summed E-state index contributed by atoms with van der Waals surface area (Å²) in [5, 5.41) is 12.5. The summed E-state index contributed by atoms with van der Waals surface area (Å²) in [6.07, 6.45) is 1.60. The van der Waals surface area contributed by atoms with Gasteiger partial charge in [0.1, 0.15) is 12.1 Å². The molecule has 0 radical (unpaired) electrons. The van der Waals surface area contributed by atoms with Crippen LogP contribution < -0.4 is 5.32 Å². The Kier molecular flexibility index (Phi) is 5.58. The first-order valence-electron chi connectivity index (χ1n) is 12.0. The molecular formula is C27H30N2O5. The Bertz CT molecular complexity index is 1100. The lowest BCUT2D eigenvalue weighted by Crippen LogP contribution is -2.55. The summed E-state index contributed by atoms with van der Waals surface area (Å²) in [4.78, 5) is 39.2. The maximum Gasteiger partial charge on any atom is 0.407 e. The molecule has 7 nitrogen and oxygen atoms in total. The number of aliphatic carboxylic acids is 1. The largest absolute Gasteiger partial charge is 0.479 e. The van der Waals surface area contributed by atoms with Gasteiger partial charge in [-0.1, -0.05) is 55.5 Å². The van der Waals surface area contributed by atoms with Crippen LogP contribution in [0.1, 0.15) is 50.2 Å². The molecule has 7 heteroatoms. The predicted octanol–water partition coefficient (Wildman–Crippen LogP) is 4.02. The molecule has 4 atom stereocenters. The number of alkyl carbamates (subject to hydrolysis) is 1. The number of hydrogen-bond acceptors (Lipinski definition) is 4. The number of benzene rings is 2. The smallest absolute Gasteiger partial charge is 0.407 e. The number of fused-ring (bicyclic) bond motifs is 4. The van der Waals surface area contributed by atoms with Gasteiger partial charge in [-0.05, 0) is 54.4 Å². The zero-order valence-corrected chi connectivity index (χ0v) is 19.5. The molecular weight excluding hydrogens is 432 g/mol. The van der Waals surface area contributed by atoms with Crippen LogP contribution in [0.25, 0.3) is 11.1 Å². The topological polar surface area (TPSA) is 95.9 Å². The predicted molar refractivity (Wildman–Crippen MR) is 126 cm³/mol. The van der Waals surface area contributed by atoms with Crippen molar-refractivity contribution in [2.24, 2.45) is 11.8 Å². The van der Waals surface area contributed by atoms with Crippen LogP contribution in [0, 0.1) is 11.8 Å². The van der Waals surface area contributed by atoms with Crippen LogP contribution in [0.3, 0.4) is 0 Å². The Morgan fingerprint density at radius 3 is 2.32 bits per heavy atom. The van der Waals surface area contributed by atoms with Crippen molar-refractivity contribution in [1.82, 2.24) is 10.2 Å². The summed E-state index contributed by atoms with van der Waals surface area (Å²) in [7, 11) is 0. The zero-order valence-electron chi connectivity index (χ0n) is 19.5. The van der Waals surface area contributed by atoms with Crippen molar-refractivity contribution in [3.05, 3.63) is 59.7 Å². The lowest BCUT2D eigenvalue weighted by atomic mass is 9.96. The van der Waals surface area contributed by atoms with Crippen molar-refractivity contribution in [2.45, 2.75) is 50.6 Å². The number of nitrogens with one attached hydrogen (secondary N) is 1. The number of hydrogen-bond donors (Lipinski definition) is 2. The standard InChI is InChI=1S/C27H30N2O5/c1-16(24(30)29-13-7-8-18-14-27(18,29)25(31)32)17(2)28-26(33)34-15-23-21-11-5-3-9-19(21)20-10-4-6-12-22(20)23/h3-6,9-12,16-18,23H,7-8,13-15H2,1-2H3,(H,28,33)(H,31,32)/t16?,17?,18-,27+/m0/s1. The molecule has 2 amide bonds. The SMILES string of the molecule is CC(NC(=O)OCC1c2ccccc2-c2ccccc21)C(C)C(=O)N1CCC[C@H]2C[C@]21C(=O)O. The molecule has 1 aliphatic heterocycles. The minimum absolute atomic E-state index is 0.0388. The average molecular weight is 463 g/mol. The zero-order chi connectivity index (χ0) is 24.0. The number of likely N-dealkylation sites (tertiary alicyclic amines) is 1. The molecule has 1 heterocycles. The maximum atomic E-state index is 13.2. The molecule has 0 aromatic heterocycles. The van der Waals surface area contributed by atoms with E-state index in [1.54, 1.807) is 13.8 Å². The van der Waals surface area contributed by atoms with Crippen LogP contribution in [0.15, 0.2) is 48.5 Å².